The highest BCUT2D eigenvalue weighted by atomic mass is 16.6. The SMILES string of the molecule is C=C1[C@@H](O)[C@H](O)C[C@@]2(C)[C@H]1[C@H](O)C[C@]1(C)[C@@H]2[C@@H]2O[C@@H]2[C@]23OC(=O)[C@@]4(CC[C@@H](C)[C@H](C)[C@H]42)CC[C@]31C. The summed E-state index contributed by atoms with van der Waals surface area (Å²) in [4.78, 5) is 13.8. The van der Waals surface area contributed by atoms with Gasteiger partial charge < -0.3 is 24.8 Å². The first-order valence-electron chi connectivity index (χ1n) is 13.9. The summed E-state index contributed by atoms with van der Waals surface area (Å²) >= 11 is 0. The molecule has 5 aliphatic carbocycles. The molecule has 0 aromatic heterocycles. The van der Waals surface area contributed by atoms with E-state index in [9.17, 15) is 20.1 Å². The molecule has 35 heavy (non-hydrogen) atoms. The second-order valence-electron chi connectivity index (χ2n) is 14.5. The Labute approximate surface area is 208 Å². The van der Waals surface area contributed by atoms with E-state index < -0.39 is 34.7 Å². The molecule has 6 nitrogen and oxygen atoms in total. The van der Waals surface area contributed by atoms with Gasteiger partial charge in [0.15, 0.2) is 5.60 Å². The largest absolute Gasteiger partial charge is 0.455 e. The fourth-order valence-electron chi connectivity index (χ4n) is 11.9. The van der Waals surface area contributed by atoms with Crippen LogP contribution in [0.2, 0.25) is 0 Å². The second kappa shape index (κ2) is 6.36. The summed E-state index contributed by atoms with van der Waals surface area (Å²) in [5.74, 6) is 0.806. The molecule has 0 aromatic rings. The molecule has 2 saturated heterocycles. The van der Waals surface area contributed by atoms with E-state index >= 15 is 0 Å². The monoisotopic (exact) mass is 486 g/mol. The van der Waals surface area contributed by atoms with Gasteiger partial charge in [-0.25, -0.2) is 0 Å². The maximum absolute atomic E-state index is 13.8. The molecule has 7 fully saturated rings. The third-order valence-electron chi connectivity index (χ3n) is 13.6. The normalized spacial score (nSPS) is 66.4. The highest BCUT2D eigenvalue weighted by molar-refractivity contribution is 5.82. The van der Waals surface area contributed by atoms with Crippen molar-refractivity contribution in [3.05, 3.63) is 12.2 Å². The number of hydrogen-bond donors (Lipinski definition) is 3. The van der Waals surface area contributed by atoms with Crippen LogP contribution in [0.25, 0.3) is 0 Å². The number of aliphatic hydroxyl groups excluding tert-OH is 3. The van der Waals surface area contributed by atoms with Crippen molar-refractivity contribution in [3.63, 3.8) is 0 Å². The van der Waals surface area contributed by atoms with E-state index in [0.29, 0.717) is 30.3 Å². The molecule has 194 valence electrons. The van der Waals surface area contributed by atoms with E-state index in [2.05, 4.69) is 41.2 Å². The van der Waals surface area contributed by atoms with Crippen LogP contribution >= 0.6 is 0 Å². The van der Waals surface area contributed by atoms with Crippen LogP contribution in [0.15, 0.2) is 12.2 Å². The Bertz CT molecular complexity index is 1030. The number of carbonyl (C=O) groups is 1. The van der Waals surface area contributed by atoms with Crippen LogP contribution in [0.5, 0.6) is 0 Å². The number of fused-ring (bicyclic) bond motifs is 6. The average Bonchev–Trinajstić information content (AvgIpc) is 3.52. The lowest BCUT2D eigenvalue weighted by atomic mass is 9.31. The van der Waals surface area contributed by atoms with Gasteiger partial charge >= 0.3 is 5.97 Å². The summed E-state index contributed by atoms with van der Waals surface area (Å²) in [6.45, 7) is 15.6. The van der Waals surface area contributed by atoms with Crippen molar-refractivity contribution in [2.24, 2.45) is 51.2 Å². The topological polar surface area (TPSA) is 99.5 Å². The third kappa shape index (κ3) is 2.17. The number of esters is 1. The summed E-state index contributed by atoms with van der Waals surface area (Å²) in [5.41, 5.74) is -1.69. The fourth-order valence-corrected chi connectivity index (χ4v) is 11.9. The van der Waals surface area contributed by atoms with Crippen LogP contribution in [0.3, 0.4) is 0 Å². The van der Waals surface area contributed by atoms with Gasteiger partial charge in [-0.05, 0) is 66.8 Å². The van der Waals surface area contributed by atoms with Gasteiger partial charge in [-0.2, -0.15) is 0 Å². The first-order chi connectivity index (χ1) is 16.3. The number of ether oxygens (including phenoxy) is 2. The molecule has 2 bridgehead atoms. The maximum Gasteiger partial charge on any atom is 0.313 e. The van der Waals surface area contributed by atoms with Crippen molar-refractivity contribution in [1.29, 1.82) is 0 Å². The Hall–Kier alpha value is -0.950. The maximum atomic E-state index is 13.8. The summed E-state index contributed by atoms with van der Waals surface area (Å²) < 4.78 is 13.4. The van der Waals surface area contributed by atoms with E-state index in [4.69, 9.17) is 9.47 Å². The second-order valence-corrected chi connectivity index (χ2v) is 14.5. The predicted molar refractivity (Wildman–Crippen MR) is 128 cm³/mol. The van der Waals surface area contributed by atoms with Crippen LogP contribution < -0.4 is 0 Å². The van der Waals surface area contributed by atoms with E-state index in [-0.39, 0.29) is 46.8 Å². The molecule has 7 aliphatic rings. The number of aliphatic hydroxyl groups is 3. The molecule has 7 rings (SSSR count). The van der Waals surface area contributed by atoms with Gasteiger partial charge in [0.25, 0.3) is 0 Å². The third-order valence-corrected chi connectivity index (χ3v) is 13.6. The van der Waals surface area contributed by atoms with Crippen LogP contribution in [0.1, 0.15) is 73.1 Å². The van der Waals surface area contributed by atoms with Crippen molar-refractivity contribution in [3.8, 4) is 0 Å². The zero-order valence-electron chi connectivity index (χ0n) is 21.8. The van der Waals surface area contributed by atoms with Crippen molar-refractivity contribution in [1.82, 2.24) is 0 Å². The molecule has 0 radical (unpaired) electrons. The molecule has 6 heteroatoms. The van der Waals surface area contributed by atoms with Gasteiger partial charge in [0.05, 0.1) is 23.7 Å². The first-order valence-corrected chi connectivity index (χ1v) is 13.9. The molecule has 0 unspecified atom stereocenters. The molecule has 1 spiro atoms. The van der Waals surface area contributed by atoms with Gasteiger partial charge in [-0.3, -0.25) is 4.79 Å². The van der Waals surface area contributed by atoms with Crippen LogP contribution in [-0.2, 0) is 14.3 Å². The molecule has 0 amide bonds. The Morgan fingerprint density at radius 3 is 2.40 bits per heavy atom. The number of epoxide rings is 1. The average molecular weight is 487 g/mol. The molecule has 5 saturated carbocycles. The van der Waals surface area contributed by atoms with Crippen molar-refractivity contribution < 1.29 is 29.6 Å². The van der Waals surface area contributed by atoms with E-state index in [0.717, 1.165) is 25.7 Å². The lowest BCUT2D eigenvalue weighted by Crippen LogP contribution is -2.76. The fraction of sp³-hybridized carbons (Fsp3) is 0.897. The van der Waals surface area contributed by atoms with Crippen molar-refractivity contribution >= 4 is 5.97 Å². The Balaban J connectivity index is 1.42. The molecule has 3 N–H and O–H groups in total. The van der Waals surface area contributed by atoms with Crippen LogP contribution in [0, 0.1) is 51.2 Å². The summed E-state index contributed by atoms with van der Waals surface area (Å²) in [6.07, 6.45) is 1.87. The lowest BCUT2D eigenvalue weighted by molar-refractivity contribution is -0.280. The van der Waals surface area contributed by atoms with E-state index in [1.54, 1.807) is 0 Å². The number of rotatable bonds is 0. The van der Waals surface area contributed by atoms with Crippen molar-refractivity contribution in [2.75, 3.05) is 0 Å². The highest BCUT2D eigenvalue weighted by Gasteiger charge is 2.89. The van der Waals surface area contributed by atoms with Crippen LogP contribution in [0.4, 0.5) is 0 Å². The Morgan fingerprint density at radius 2 is 1.69 bits per heavy atom. The molecule has 15 atom stereocenters. The van der Waals surface area contributed by atoms with E-state index in [1.165, 1.54) is 0 Å². The van der Waals surface area contributed by atoms with Gasteiger partial charge in [0.2, 0.25) is 0 Å². The molecule has 2 aliphatic heterocycles. The summed E-state index contributed by atoms with van der Waals surface area (Å²) in [5, 5.41) is 33.2. The standard InChI is InChI=1S/C29H42O6/c1-13-7-8-28-10-9-27(6)26(5)12-16(30)18-15(3)19(32)17(31)11-25(18,4)22(26)20-23(34-20)29(27,35-24(28)33)21(28)14(13)2/h13-14,16-23,30-32H,3,7-12H2,1-2,4-6H3/t13-,14+,16-,17-,18-,19-,20+,21-,22-,23+,25+,26-,27+,28+,29-/m1/s1. The number of carbonyl (C=O) groups excluding carboxylic acids is 1. The van der Waals surface area contributed by atoms with Gasteiger partial charge in [0, 0.05) is 23.2 Å². The summed E-state index contributed by atoms with van der Waals surface area (Å²) in [7, 11) is 0. The zero-order chi connectivity index (χ0) is 25.1. The lowest BCUT2D eigenvalue weighted by Gasteiger charge is -2.72. The highest BCUT2D eigenvalue weighted by Crippen LogP contribution is 2.83. The van der Waals surface area contributed by atoms with Gasteiger partial charge in [-0.1, -0.05) is 41.2 Å². The minimum atomic E-state index is -1.01. The zero-order valence-corrected chi connectivity index (χ0v) is 21.8. The van der Waals surface area contributed by atoms with Crippen molar-refractivity contribution in [2.45, 2.75) is 109 Å². The minimum absolute atomic E-state index is 0.00805. The smallest absolute Gasteiger partial charge is 0.313 e. The molecule has 0 aromatic carbocycles. The predicted octanol–water partition coefficient (Wildman–Crippen LogP) is 3.22. The Morgan fingerprint density at radius 1 is 0.971 bits per heavy atom. The number of hydrogen-bond acceptors (Lipinski definition) is 6. The van der Waals surface area contributed by atoms with Crippen LogP contribution in [-0.4, -0.2) is 57.4 Å². The molecule has 2 heterocycles. The molecular weight excluding hydrogens is 444 g/mol. The Kier molecular flexibility index (Phi) is 4.21. The first kappa shape index (κ1) is 23.2. The summed E-state index contributed by atoms with van der Waals surface area (Å²) in [6, 6.07) is 0. The molecular formula is C29H42O6. The quantitative estimate of drug-likeness (QED) is 0.276. The minimum Gasteiger partial charge on any atom is -0.455 e. The van der Waals surface area contributed by atoms with E-state index in [1.807, 2.05) is 0 Å². The van der Waals surface area contributed by atoms with Gasteiger partial charge in [0.1, 0.15) is 12.2 Å². The van der Waals surface area contributed by atoms with Gasteiger partial charge in [-0.15, -0.1) is 0 Å².